The number of nitrogens with zero attached hydrogens (tertiary/aromatic N) is 3. The van der Waals surface area contributed by atoms with E-state index in [0.29, 0.717) is 36.0 Å². The van der Waals surface area contributed by atoms with Crippen molar-refractivity contribution in [1.29, 1.82) is 0 Å². The van der Waals surface area contributed by atoms with Crippen molar-refractivity contribution in [3.05, 3.63) is 41.3 Å². The number of Topliss-reactive ketones (excluding diaryl/α,β-unsaturated/α-hetero) is 1. The molecule has 7 nitrogen and oxygen atoms in total. The molecule has 6 rings (SSSR count). The van der Waals surface area contributed by atoms with Gasteiger partial charge in [0.1, 0.15) is 24.7 Å². The molecule has 3 aliphatic rings. The lowest BCUT2D eigenvalue weighted by Gasteiger charge is -2.27. The van der Waals surface area contributed by atoms with E-state index in [1.165, 1.54) is 16.6 Å². The van der Waals surface area contributed by atoms with Gasteiger partial charge in [0, 0.05) is 29.9 Å². The molecule has 0 spiro atoms. The van der Waals surface area contributed by atoms with Crippen molar-refractivity contribution < 1.29 is 22.9 Å². The summed E-state index contributed by atoms with van der Waals surface area (Å²) in [5, 5.41) is 4.10. The second-order valence-electron chi connectivity index (χ2n) is 11.6. The first-order valence-electron chi connectivity index (χ1n) is 14.0. The van der Waals surface area contributed by atoms with Crippen LogP contribution in [0.5, 0.6) is 0 Å². The van der Waals surface area contributed by atoms with E-state index in [2.05, 4.69) is 16.4 Å². The Kier molecular flexibility index (Phi) is 7.09. The van der Waals surface area contributed by atoms with E-state index in [1.54, 1.807) is 19.4 Å². The van der Waals surface area contributed by atoms with Gasteiger partial charge in [-0.2, -0.15) is 0 Å². The van der Waals surface area contributed by atoms with Gasteiger partial charge in [0.05, 0.1) is 11.4 Å². The zero-order valence-corrected chi connectivity index (χ0v) is 23.4. The third-order valence-corrected chi connectivity index (χ3v) is 9.73. The fourth-order valence-corrected chi connectivity index (χ4v) is 6.82. The standard InChI is InChI=1S/C29H35F2N4O3P/c1-39(2,37)24-14-19(17-6-5-7-17)11-12-21(24)33-22-15-20(16-23(36)18-9-10-18)32-28-26(22)34-29(27(30)31)35(28)25-8-3-4-13-38-25/h11-12,14-15,17-18,25,27H,3-10,13,16H2,1-2H3,(H,32,33). The van der Waals surface area contributed by atoms with Crippen LogP contribution >= 0.6 is 7.14 Å². The number of anilines is 2. The van der Waals surface area contributed by atoms with E-state index in [0.717, 1.165) is 43.8 Å². The number of imidazole rings is 1. The van der Waals surface area contributed by atoms with Gasteiger partial charge in [-0.25, -0.2) is 18.7 Å². The molecule has 1 saturated heterocycles. The molecule has 1 unspecified atom stereocenters. The summed E-state index contributed by atoms with van der Waals surface area (Å²) in [6, 6.07) is 7.75. The van der Waals surface area contributed by atoms with Crippen LogP contribution in [0.1, 0.15) is 87.0 Å². The fraction of sp³-hybridized carbons (Fsp3) is 0.552. The Morgan fingerprint density at radius 1 is 1.08 bits per heavy atom. The molecule has 1 atom stereocenters. The van der Waals surface area contributed by atoms with E-state index < -0.39 is 25.6 Å². The lowest BCUT2D eigenvalue weighted by atomic mass is 9.80. The van der Waals surface area contributed by atoms with Gasteiger partial charge in [0.25, 0.3) is 6.43 Å². The summed E-state index contributed by atoms with van der Waals surface area (Å²) in [4.78, 5) is 21.8. The number of nitrogens with one attached hydrogen (secondary N) is 1. The summed E-state index contributed by atoms with van der Waals surface area (Å²) >= 11 is 0. The number of benzene rings is 1. The van der Waals surface area contributed by atoms with Crippen LogP contribution in [-0.4, -0.2) is 40.3 Å². The molecule has 1 aliphatic heterocycles. The number of carbonyl (C=O) groups is 1. The van der Waals surface area contributed by atoms with Gasteiger partial charge in [0.15, 0.2) is 11.5 Å². The van der Waals surface area contributed by atoms with Gasteiger partial charge >= 0.3 is 0 Å². The lowest BCUT2D eigenvalue weighted by molar-refractivity contribution is -0.119. The molecule has 0 radical (unpaired) electrons. The first kappa shape index (κ1) is 26.6. The molecular weight excluding hydrogens is 521 g/mol. The fourth-order valence-electron chi connectivity index (χ4n) is 5.65. The molecule has 3 fully saturated rings. The van der Waals surface area contributed by atoms with Crippen LogP contribution in [0.3, 0.4) is 0 Å². The SMILES string of the molecule is CP(C)(=O)c1cc(C2CCC2)ccc1Nc1cc(CC(=O)C2CC2)nc2c1nc(C(F)F)n2C1CCCCO1. The first-order valence-corrected chi connectivity index (χ1v) is 16.6. The number of fused-ring (bicyclic) bond motifs is 1. The van der Waals surface area contributed by atoms with Crippen LogP contribution in [0.2, 0.25) is 0 Å². The Morgan fingerprint density at radius 2 is 1.87 bits per heavy atom. The number of rotatable bonds is 9. The maximum absolute atomic E-state index is 14.3. The number of ketones is 1. The highest BCUT2D eigenvalue weighted by Gasteiger charge is 2.32. The van der Waals surface area contributed by atoms with E-state index >= 15 is 0 Å². The van der Waals surface area contributed by atoms with Crippen molar-refractivity contribution in [1.82, 2.24) is 14.5 Å². The molecule has 1 N–H and O–H groups in total. The number of alkyl halides is 2. The number of hydrogen-bond donors (Lipinski definition) is 1. The predicted molar refractivity (Wildman–Crippen MR) is 148 cm³/mol. The molecule has 208 valence electrons. The number of ether oxygens (including phenoxy) is 1. The number of pyridine rings is 1. The van der Waals surface area contributed by atoms with Crippen LogP contribution in [0.25, 0.3) is 11.2 Å². The number of carbonyl (C=O) groups excluding carboxylic acids is 1. The zero-order valence-electron chi connectivity index (χ0n) is 22.5. The van der Waals surface area contributed by atoms with Gasteiger partial charge in [0.2, 0.25) is 0 Å². The Bertz CT molecular complexity index is 1450. The third-order valence-electron chi connectivity index (χ3n) is 8.20. The molecule has 2 aromatic heterocycles. The number of halogens is 2. The van der Waals surface area contributed by atoms with Crippen molar-refractivity contribution in [3.63, 3.8) is 0 Å². The summed E-state index contributed by atoms with van der Waals surface area (Å²) in [6.45, 7) is 3.96. The van der Waals surface area contributed by atoms with E-state index in [1.807, 2.05) is 12.1 Å². The summed E-state index contributed by atoms with van der Waals surface area (Å²) in [6.07, 6.45) is 4.26. The molecule has 2 saturated carbocycles. The Morgan fingerprint density at radius 3 is 2.49 bits per heavy atom. The van der Waals surface area contributed by atoms with E-state index in [9.17, 15) is 18.1 Å². The second kappa shape index (κ2) is 10.4. The quantitative estimate of drug-likeness (QED) is 0.290. The molecule has 39 heavy (non-hydrogen) atoms. The molecule has 2 aliphatic carbocycles. The monoisotopic (exact) mass is 556 g/mol. The van der Waals surface area contributed by atoms with Gasteiger partial charge in [-0.1, -0.05) is 12.5 Å². The highest BCUT2D eigenvalue weighted by molar-refractivity contribution is 7.70. The lowest BCUT2D eigenvalue weighted by Crippen LogP contribution is -2.21. The summed E-state index contributed by atoms with van der Waals surface area (Å²) in [7, 11) is -2.69. The van der Waals surface area contributed by atoms with Crippen molar-refractivity contribution in [3.8, 4) is 0 Å². The number of aromatic nitrogens is 3. The smallest absolute Gasteiger partial charge is 0.295 e. The minimum atomic E-state index is -2.82. The van der Waals surface area contributed by atoms with E-state index in [-0.39, 0.29) is 29.3 Å². The van der Waals surface area contributed by atoms with Crippen molar-refractivity contribution in [2.24, 2.45) is 5.92 Å². The van der Waals surface area contributed by atoms with Crippen LogP contribution in [-0.2, 0) is 20.5 Å². The molecule has 0 amide bonds. The summed E-state index contributed by atoms with van der Waals surface area (Å²) in [5.41, 5.74) is 3.38. The van der Waals surface area contributed by atoms with Crippen molar-refractivity contribution >= 4 is 40.8 Å². The highest BCUT2D eigenvalue weighted by atomic mass is 31.2. The van der Waals surface area contributed by atoms with Gasteiger partial charge in [-0.05, 0) is 88.0 Å². The summed E-state index contributed by atoms with van der Waals surface area (Å²) in [5.74, 6) is 0.255. The molecule has 1 aromatic carbocycles. The largest absolute Gasteiger partial charge is 0.358 e. The van der Waals surface area contributed by atoms with Crippen LogP contribution < -0.4 is 10.6 Å². The first-order chi connectivity index (χ1) is 18.7. The highest BCUT2D eigenvalue weighted by Crippen LogP contribution is 2.43. The average Bonchev–Trinajstić information content (AvgIpc) is 3.64. The van der Waals surface area contributed by atoms with Crippen LogP contribution in [0.4, 0.5) is 20.2 Å². The minimum absolute atomic E-state index is 0.0545. The van der Waals surface area contributed by atoms with Crippen molar-refractivity contribution in [2.75, 3.05) is 25.3 Å². The molecular formula is C29H35F2N4O3P. The van der Waals surface area contributed by atoms with E-state index in [4.69, 9.17) is 9.72 Å². The molecule has 3 heterocycles. The summed E-state index contributed by atoms with van der Waals surface area (Å²) < 4.78 is 49.3. The van der Waals surface area contributed by atoms with Gasteiger partial charge in [-0.15, -0.1) is 0 Å². The maximum atomic E-state index is 14.3. The Labute approximate surface area is 227 Å². The van der Waals surface area contributed by atoms with Gasteiger partial charge in [-0.3, -0.25) is 9.36 Å². The molecule has 3 aromatic rings. The topological polar surface area (TPSA) is 86.1 Å². The van der Waals surface area contributed by atoms with Crippen LogP contribution in [0, 0.1) is 5.92 Å². The Balaban J connectivity index is 1.48. The minimum Gasteiger partial charge on any atom is -0.358 e. The normalized spacial score (nSPS) is 20.4. The molecule has 10 heteroatoms. The van der Waals surface area contributed by atoms with Gasteiger partial charge < -0.3 is 14.6 Å². The predicted octanol–water partition coefficient (Wildman–Crippen LogP) is 6.85. The molecule has 0 bridgehead atoms. The average molecular weight is 557 g/mol. The second-order valence-corrected chi connectivity index (χ2v) is 14.8. The third kappa shape index (κ3) is 5.40. The maximum Gasteiger partial charge on any atom is 0.295 e. The van der Waals surface area contributed by atoms with Crippen LogP contribution in [0.15, 0.2) is 24.3 Å². The Hall–Kier alpha value is -2.64. The zero-order chi connectivity index (χ0) is 27.3. The van der Waals surface area contributed by atoms with Crippen molar-refractivity contribution in [2.45, 2.75) is 76.4 Å². The number of hydrogen-bond acceptors (Lipinski definition) is 6.